The first-order valence-electron chi connectivity index (χ1n) is 24.7. The Hall–Kier alpha value is -6.16. The minimum Gasteiger partial charge on any atom is -0.384 e. The number of nitrogens with one attached hydrogen (secondary N) is 1. The lowest BCUT2D eigenvalue weighted by Gasteiger charge is -2.44. The molecule has 0 saturated carbocycles. The number of likely N-dealkylation sites (tertiary alicyclic amines) is 2. The van der Waals surface area contributed by atoms with Crippen molar-refractivity contribution in [2.45, 2.75) is 89.4 Å². The number of hydrogen-bond donors (Lipinski definition) is 2. The Morgan fingerprint density at radius 1 is 0.838 bits per heavy atom. The van der Waals surface area contributed by atoms with Crippen LogP contribution in [0, 0.1) is 5.92 Å². The molecule has 0 bridgehead atoms. The highest BCUT2D eigenvalue weighted by atomic mass is 16.2. The predicted molar refractivity (Wildman–Crippen MR) is 265 cm³/mol. The molecule has 4 fully saturated rings. The standard InChI is InChI=1S/C53H65N11O4/c1-5-41-33-60(31-36-6-12-44-47(28-36)59(4)53(68)64(44)45-13-15-49(65)57-51(45)66)26-27-63(41)32-35-17-22-62(23-18-35)52(67)39-9-7-37(8-10-39)38-19-24-61(25-20-38)34(2)46-29-43-42(16-21-55-50(43)58(46)3)40-11-14-48(54)56-30-40/h6-12,14,16,21,28-30,34-35,38,41,45H,5,13,15,17-20,22-27,31-33H2,1-4H3,(H2,54,56)(H,57,65,66)/t34-,41-,45?/m0/s1. The van der Waals surface area contributed by atoms with E-state index in [2.05, 4.69) is 104 Å². The molecule has 356 valence electrons. The van der Waals surface area contributed by atoms with Crippen LogP contribution in [-0.2, 0) is 30.2 Å². The van der Waals surface area contributed by atoms with Gasteiger partial charge >= 0.3 is 5.69 Å². The Bertz CT molecular complexity index is 2890. The number of piperidine rings is 3. The molecule has 4 aliphatic heterocycles. The zero-order valence-corrected chi connectivity index (χ0v) is 39.9. The molecule has 3 N–H and O–H groups in total. The number of aryl methyl sites for hydroxylation is 2. The van der Waals surface area contributed by atoms with Crippen molar-refractivity contribution < 1.29 is 14.4 Å². The summed E-state index contributed by atoms with van der Waals surface area (Å²) < 4.78 is 5.39. The number of piperazine rings is 1. The third-order valence-corrected chi connectivity index (χ3v) is 15.8. The molecule has 0 spiro atoms. The fourth-order valence-corrected chi connectivity index (χ4v) is 11.7. The van der Waals surface area contributed by atoms with Crippen molar-refractivity contribution in [1.29, 1.82) is 0 Å². The maximum atomic E-state index is 13.8. The number of carbonyl (C=O) groups is 3. The highest BCUT2D eigenvalue weighted by Crippen LogP contribution is 2.36. The number of hydrogen-bond acceptors (Lipinski definition) is 10. The van der Waals surface area contributed by atoms with Gasteiger partial charge in [-0.1, -0.05) is 25.1 Å². The first kappa shape index (κ1) is 45.6. The average Bonchev–Trinajstić information content (AvgIpc) is 3.83. The van der Waals surface area contributed by atoms with Crippen molar-refractivity contribution in [3.05, 3.63) is 112 Å². The van der Waals surface area contributed by atoms with Crippen LogP contribution in [0.15, 0.2) is 83.9 Å². The normalized spacial score (nSPS) is 21.2. The molecule has 3 amide bonds. The van der Waals surface area contributed by atoms with Crippen LogP contribution in [0.4, 0.5) is 5.82 Å². The van der Waals surface area contributed by atoms with Gasteiger partial charge in [0, 0.05) is 113 Å². The Kier molecular flexibility index (Phi) is 12.8. The van der Waals surface area contributed by atoms with Gasteiger partial charge in [-0.2, -0.15) is 0 Å². The molecule has 15 nitrogen and oxygen atoms in total. The summed E-state index contributed by atoms with van der Waals surface area (Å²) in [5.41, 5.74) is 14.7. The molecule has 4 aromatic heterocycles. The van der Waals surface area contributed by atoms with Crippen LogP contribution < -0.4 is 16.7 Å². The fraction of sp³-hybridized carbons (Fsp3) is 0.472. The minimum atomic E-state index is -0.688. The number of nitrogens with two attached hydrogens (primary N) is 1. The predicted octanol–water partition coefficient (Wildman–Crippen LogP) is 6.24. The maximum Gasteiger partial charge on any atom is 0.329 e. The number of rotatable bonds is 11. The monoisotopic (exact) mass is 920 g/mol. The summed E-state index contributed by atoms with van der Waals surface area (Å²) in [5.74, 6) is 0.979. The number of imidazole rings is 1. The lowest BCUT2D eigenvalue weighted by Crippen LogP contribution is -2.54. The third kappa shape index (κ3) is 8.87. The van der Waals surface area contributed by atoms with E-state index in [1.807, 2.05) is 30.6 Å². The molecule has 8 heterocycles. The largest absolute Gasteiger partial charge is 0.384 e. The molecule has 2 aromatic carbocycles. The number of nitrogen functional groups attached to an aromatic ring is 1. The summed E-state index contributed by atoms with van der Waals surface area (Å²) in [5, 5.41) is 3.51. The van der Waals surface area contributed by atoms with Crippen LogP contribution in [0.2, 0.25) is 0 Å². The first-order valence-corrected chi connectivity index (χ1v) is 24.7. The Morgan fingerprint density at radius 3 is 2.34 bits per heavy atom. The van der Waals surface area contributed by atoms with Gasteiger partial charge in [0.2, 0.25) is 11.8 Å². The zero-order chi connectivity index (χ0) is 47.2. The first-order chi connectivity index (χ1) is 32.9. The minimum absolute atomic E-state index is 0.143. The van der Waals surface area contributed by atoms with E-state index in [1.165, 1.54) is 11.3 Å². The van der Waals surface area contributed by atoms with E-state index in [1.54, 1.807) is 16.2 Å². The van der Waals surface area contributed by atoms with Gasteiger partial charge in [-0.05, 0) is 136 Å². The molecule has 0 radical (unpaired) electrons. The number of fused-ring (bicyclic) bond motifs is 2. The Morgan fingerprint density at radius 2 is 1.62 bits per heavy atom. The van der Waals surface area contributed by atoms with Gasteiger partial charge in [-0.15, -0.1) is 0 Å². The van der Waals surface area contributed by atoms with Crippen molar-refractivity contribution in [3.8, 4) is 11.1 Å². The summed E-state index contributed by atoms with van der Waals surface area (Å²) >= 11 is 0. The van der Waals surface area contributed by atoms with E-state index in [9.17, 15) is 19.2 Å². The van der Waals surface area contributed by atoms with Crippen molar-refractivity contribution in [1.82, 2.24) is 48.6 Å². The van der Waals surface area contributed by atoms with Gasteiger partial charge < -0.3 is 15.2 Å². The van der Waals surface area contributed by atoms with Gasteiger partial charge in [0.05, 0.1) is 11.0 Å². The molecular formula is C53H65N11O4. The number of anilines is 1. The summed E-state index contributed by atoms with van der Waals surface area (Å²) in [6.07, 6.45) is 9.51. The van der Waals surface area contributed by atoms with Crippen LogP contribution >= 0.6 is 0 Å². The summed E-state index contributed by atoms with van der Waals surface area (Å²) in [7, 11) is 3.86. The maximum absolute atomic E-state index is 13.8. The molecule has 15 heteroatoms. The van der Waals surface area contributed by atoms with E-state index in [0.717, 1.165) is 130 Å². The topological polar surface area (TPSA) is 160 Å². The highest BCUT2D eigenvalue weighted by Gasteiger charge is 2.34. The lowest BCUT2D eigenvalue weighted by atomic mass is 9.88. The quantitative estimate of drug-likeness (QED) is 0.143. The van der Waals surface area contributed by atoms with Crippen molar-refractivity contribution in [3.63, 3.8) is 0 Å². The van der Waals surface area contributed by atoms with Gasteiger partial charge in [0.15, 0.2) is 0 Å². The second-order valence-electron chi connectivity index (χ2n) is 19.8. The summed E-state index contributed by atoms with van der Waals surface area (Å²) in [4.78, 5) is 70.4. The number of benzene rings is 2. The molecule has 68 heavy (non-hydrogen) atoms. The number of nitrogens with zero attached hydrogens (tertiary/aromatic N) is 9. The van der Waals surface area contributed by atoms with Gasteiger partial charge in [0.1, 0.15) is 17.5 Å². The number of carbonyl (C=O) groups excluding carboxylic acids is 3. The smallest absolute Gasteiger partial charge is 0.329 e. The Labute approximate surface area is 397 Å². The molecule has 0 aliphatic carbocycles. The summed E-state index contributed by atoms with van der Waals surface area (Å²) in [6.45, 7) is 13.0. The van der Waals surface area contributed by atoms with Crippen LogP contribution in [0.3, 0.4) is 0 Å². The van der Waals surface area contributed by atoms with Crippen LogP contribution in [0.5, 0.6) is 0 Å². The number of amides is 3. The molecule has 4 aliphatic rings. The molecule has 3 atom stereocenters. The second kappa shape index (κ2) is 19.1. The molecular weight excluding hydrogens is 855 g/mol. The fourth-order valence-electron chi connectivity index (χ4n) is 11.7. The van der Waals surface area contributed by atoms with E-state index in [4.69, 9.17) is 10.7 Å². The SMILES string of the molecule is CC[C@H]1CN(Cc2ccc3c(c2)n(C)c(=O)n3C2CCC(=O)NC2=O)CCN1CC1CCN(C(=O)c2ccc(C3CCN([C@@H](C)c4cc5c(-c6ccc(N)nc6)ccnc5n4C)CC3)cc2)CC1. The van der Waals surface area contributed by atoms with Crippen molar-refractivity contribution >= 4 is 45.6 Å². The molecule has 1 unspecified atom stereocenters. The van der Waals surface area contributed by atoms with Crippen LogP contribution in [-0.4, -0.2) is 119 Å². The Balaban J connectivity index is 0.688. The highest BCUT2D eigenvalue weighted by molar-refractivity contribution is 6.00. The van der Waals surface area contributed by atoms with Crippen molar-refractivity contribution in [2.75, 3.05) is 58.1 Å². The molecule has 10 rings (SSSR count). The molecule has 6 aromatic rings. The van der Waals surface area contributed by atoms with E-state index >= 15 is 0 Å². The van der Waals surface area contributed by atoms with Crippen LogP contribution in [0.1, 0.15) is 104 Å². The van der Waals surface area contributed by atoms with E-state index in [-0.39, 0.29) is 30.0 Å². The van der Waals surface area contributed by atoms with Gasteiger partial charge in [0.25, 0.3) is 5.91 Å². The van der Waals surface area contributed by atoms with Gasteiger partial charge in [-0.25, -0.2) is 14.8 Å². The number of pyridine rings is 2. The zero-order valence-electron chi connectivity index (χ0n) is 39.9. The third-order valence-electron chi connectivity index (χ3n) is 15.8. The summed E-state index contributed by atoms with van der Waals surface area (Å²) in [6, 6.07) is 22.8. The van der Waals surface area contributed by atoms with E-state index < -0.39 is 11.9 Å². The van der Waals surface area contributed by atoms with Gasteiger partial charge in [-0.3, -0.25) is 43.5 Å². The number of aromatic nitrogens is 5. The number of imide groups is 1. The lowest BCUT2D eigenvalue weighted by molar-refractivity contribution is -0.135. The second-order valence-corrected chi connectivity index (χ2v) is 19.8. The average molecular weight is 920 g/mol. The van der Waals surface area contributed by atoms with E-state index in [0.29, 0.717) is 35.6 Å². The van der Waals surface area contributed by atoms with Crippen LogP contribution in [0.25, 0.3) is 33.2 Å². The van der Waals surface area contributed by atoms with Crippen molar-refractivity contribution in [2.24, 2.45) is 20.0 Å². The molecule has 4 saturated heterocycles.